The second-order valence-corrected chi connectivity index (χ2v) is 3.07. The van der Waals surface area contributed by atoms with Gasteiger partial charge in [-0.2, -0.15) is 0 Å². The van der Waals surface area contributed by atoms with E-state index in [1.54, 1.807) is 7.11 Å². The zero-order valence-electron chi connectivity index (χ0n) is 8.16. The third-order valence-corrected chi connectivity index (χ3v) is 2.07. The van der Waals surface area contributed by atoms with Crippen LogP contribution in [-0.2, 0) is 11.2 Å². The number of aliphatic hydroxyl groups excluding tert-OH is 1. The van der Waals surface area contributed by atoms with Crippen molar-refractivity contribution in [1.29, 1.82) is 0 Å². The number of methoxy groups -OCH3 is 1. The lowest BCUT2D eigenvalue weighted by Gasteiger charge is -2.10. The van der Waals surface area contributed by atoms with Crippen molar-refractivity contribution in [1.82, 2.24) is 0 Å². The van der Waals surface area contributed by atoms with Gasteiger partial charge in [-0.15, -0.1) is 0 Å². The van der Waals surface area contributed by atoms with Crippen molar-refractivity contribution in [3.05, 3.63) is 35.4 Å². The van der Waals surface area contributed by atoms with Crippen molar-refractivity contribution in [2.45, 2.75) is 19.4 Å². The highest BCUT2D eigenvalue weighted by Gasteiger charge is 2.06. The van der Waals surface area contributed by atoms with Crippen molar-refractivity contribution in [3.8, 4) is 0 Å². The molecule has 0 saturated carbocycles. The number of hydrogen-bond acceptors (Lipinski definition) is 2. The summed E-state index contributed by atoms with van der Waals surface area (Å²) in [6, 6.07) is 7.96. The van der Waals surface area contributed by atoms with E-state index >= 15 is 0 Å². The molecule has 0 aliphatic heterocycles. The summed E-state index contributed by atoms with van der Waals surface area (Å²) in [5, 5.41) is 9.62. The molecule has 0 fully saturated rings. The number of hydrogen-bond donors (Lipinski definition) is 1. The highest BCUT2D eigenvalue weighted by molar-refractivity contribution is 5.25. The van der Waals surface area contributed by atoms with E-state index in [1.807, 2.05) is 18.2 Å². The molecule has 1 atom stereocenters. The molecular formula is C11H16O2. The van der Waals surface area contributed by atoms with Crippen LogP contribution in [0.1, 0.15) is 24.2 Å². The van der Waals surface area contributed by atoms with Crippen molar-refractivity contribution in [2.24, 2.45) is 0 Å². The molecule has 0 aromatic heterocycles. The van der Waals surface area contributed by atoms with Crippen LogP contribution < -0.4 is 0 Å². The van der Waals surface area contributed by atoms with Gasteiger partial charge in [0.15, 0.2) is 0 Å². The van der Waals surface area contributed by atoms with Crippen molar-refractivity contribution in [2.75, 3.05) is 13.7 Å². The Balaban J connectivity index is 2.75. The Bertz CT molecular complexity index is 258. The zero-order valence-corrected chi connectivity index (χ0v) is 8.16. The smallest absolute Gasteiger partial charge is 0.102 e. The first-order chi connectivity index (χ1) is 6.27. The largest absolute Gasteiger partial charge is 0.386 e. The van der Waals surface area contributed by atoms with E-state index in [4.69, 9.17) is 4.74 Å². The van der Waals surface area contributed by atoms with Crippen LogP contribution in [0.15, 0.2) is 24.3 Å². The maximum absolute atomic E-state index is 9.62. The topological polar surface area (TPSA) is 29.5 Å². The lowest BCUT2D eigenvalue weighted by molar-refractivity contribution is 0.0643. The van der Waals surface area contributed by atoms with Crippen LogP contribution in [0.2, 0.25) is 0 Å². The molecule has 2 heteroatoms. The van der Waals surface area contributed by atoms with Gasteiger partial charge >= 0.3 is 0 Å². The lowest BCUT2D eigenvalue weighted by atomic mass is 10.1. The van der Waals surface area contributed by atoms with Crippen LogP contribution in [0, 0.1) is 0 Å². The monoisotopic (exact) mass is 180 g/mol. The second kappa shape index (κ2) is 5.00. The molecular weight excluding hydrogens is 164 g/mol. The van der Waals surface area contributed by atoms with Gasteiger partial charge < -0.3 is 9.84 Å². The van der Waals surface area contributed by atoms with Gasteiger partial charge in [-0.25, -0.2) is 0 Å². The minimum absolute atomic E-state index is 0.354. The second-order valence-electron chi connectivity index (χ2n) is 3.07. The number of aryl methyl sites for hydroxylation is 1. The standard InChI is InChI=1S/C11H16O2/c1-3-9-5-4-6-10(7-9)11(12)8-13-2/h4-7,11-12H,3,8H2,1-2H3. The molecule has 0 bridgehead atoms. The normalized spacial score (nSPS) is 12.8. The molecule has 1 N–H and O–H groups in total. The summed E-state index contributed by atoms with van der Waals surface area (Å²) < 4.78 is 4.88. The van der Waals surface area contributed by atoms with Gasteiger partial charge in [0.1, 0.15) is 6.10 Å². The minimum atomic E-state index is -0.503. The van der Waals surface area contributed by atoms with Gasteiger partial charge in [0.2, 0.25) is 0 Å². The van der Waals surface area contributed by atoms with Crippen molar-refractivity contribution < 1.29 is 9.84 Å². The number of ether oxygens (including phenoxy) is 1. The highest BCUT2D eigenvalue weighted by atomic mass is 16.5. The first kappa shape index (κ1) is 10.2. The number of benzene rings is 1. The predicted molar refractivity (Wildman–Crippen MR) is 52.7 cm³/mol. The Hall–Kier alpha value is -0.860. The summed E-state index contributed by atoms with van der Waals surface area (Å²) >= 11 is 0. The summed E-state index contributed by atoms with van der Waals surface area (Å²) in [5.41, 5.74) is 2.17. The summed E-state index contributed by atoms with van der Waals surface area (Å²) in [4.78, 5) is 0. The maximum Gasteiger partial charge on any atom is 0.102 e. The molecule has 0 spiro atoms. The van der Waals surface area contributed by atoms with Crippen LogP contribution in [0.4, 0.5) is 0 Å². The van der Waals surface area contributed by atoms with Crippen molar-refractivity contribution in [3.63, 3.8) is 0 Å². The molecule has 0 radical (unpaired) electrons. The molecule has 72 valence electrons. The minimum Gasteiger partial charge on any atom is -0.386 e. The highest BCUT2D eigenvalue weighted by Crippen LogP contribution is 2.14. The molecule has 0 amide bonds. The number of aliphatic hydroxyl groups is 1. The zero-order chi connectivity index (χ0) is 9.68. The molecule has 0 heterocycles. The summed E-state index contributed by atoms with van der Waals surface area (Å²) in [6.45, 7) is 2.45. The van der Waals surface area contributed by atoms with Crippen LogP contribution in [0.5, 0.6) is 0 Å². The Labute approximate surface area is 79.2 Å². The average molecular weight is 180 g/mol. The predicted octanol–water partition coefficient (Wildman–Crippen LogP) is 1.93. The van der Waals surface area contributed by atoms with E-state index in [1.165, 1.54) is 5.56 Å². The fourth-order valence-electron chi connectivity index (χ4n) is 1.27. The van der Waals surface area contributed by atoms with Gasteiger partial charge in [0.05, 0.1) is 6.61 Å². The first-order valence-corrected chi connectivity index (χ1v) is 4.53. The van der Waals surface area contributed by atoms with Gasteiger partial charge in [0.25, 0.3) is 0 Å². The molecule has 13 heavy (non-hydrogen) atoms. The van der Waals surface area contributed by atoms with Crippen molar-refractivity contribution >= 4 is 0 Å². The molecule has 1 aromatic carbocycles. The van der Waals surface area contributed by atoms with Gasteiger partial charge in [-0.3, -0.25) is 0 Å². The number of rotatable bonds is 4. The summed E-state index contributed by atoms with van der Waals surface area (Å²) in [7, 11) is 1.59. The Morgan fingerprint density at radius 3 is 2.85 bits per heavy atom. The first-order valence-electron chi connectivity index (χ1n) is 4.53. The molecule has 0 saturated heterocycles. The maximum atomic E-state index is 9.62. The molecule has 1 unspecified atom stereocenters. The Morgan fingerprint density at radius 2 is 2.23 bits per heavy atom. The lowest BCUT2D eigenvalue weighted by Crippen LogP contribution is -2.05. The van der Waals surface area contributed by atoms with Crippen LogP contribution in [0.25, 0.3) is 0 Å². The molecule has 0 aliphatic carbocycles. The van der Waals surface area contributed by atoms with E-state index in [0.717, 1.165) is 12.0 Å². The van der Waals surface area contributed by atoms with Crippen LogP contribution in [0.3, 0.4) is 0 Å². The SMILES string of the molecule is CCc1cccc(C(O)COC)c1. The summed E-state index contributed by atoms with van der Waals surface area (Å²) in [6.07, 6.45) is 0.490. The molecule has 1 rings (SSSR count). The summed E-state index contributed by atoms with van der Waals surface area (Å²) in [5.74, 6) is 0. The van der Waals surface area contributed by atoms with E-state index in [-0.39, 0.29) is 0 Å². The van der Waals surface area contributed by atoms with Gasteiger partial charge in [-0.1, -0.05) is 31.2 Å². The fourth-order valence-corrected chi connectivity index (χ4v) is 1.27. The van der Waals surface area contributed by atoms with Crippen LogP contribution >= 0.6 is 0 Å². The molecule has 0 aliphatic rings. The van der Waals surface area contributed by atoms with E-state index in [0.29, 0.717) is 6.61 Å². The van der Waals surface area contributed by atoms with Gasteiger partial charge in [0, 0.05) is 7.11 Å². The van der Waals surface area contributed by atoms with E-state index in [9.17, 15) is 5.11 Å². The quantitative estimate of drug-likeness (QED) is 0.767. The Kier molecular flexibility index (Phi) is 3.93. The van der Waals surface area contributed by atoms with E-state index < -0.39 is 6.10 Å². The fraction of sp³-hybridized carbons (Fsp3) is 0.455. The van der Waals surface area contributed by atoms with Crippen LogP contribution in [-0.4, -0.2) is 18.8 Å². The molecule has 2 nitrogen and oxygen atoms in total. The van der Waals surface area contributed by atoms with E-state index in [2.05, 4.69) is 13.0 Å². The average Bonchev–Trinajstić information content (AvgIpc) is 2.18. The third kappa shape index (κ3) is 2.83. The van der Waals surface area contributed by atoms with Gasteiger partial charge in [-0.05, 0) is 17.5 Å². The third-order valence-electron chi connectivity index (χ3n) is 2.07. The molecule has 1 aromatic rings. The Morgan fingerprint density at radius 1 is 1.46 bits per heavy atom.